The minimum atomic E-state index is -0.551. The minimum absolute atomic E-state index is 0.0411. The molecule has 0 spiro atoms. The van der Waals surface area contributed by atoms with Gasteiger partial charge in [-0.1, -0.05) is 0 Å². The fraction of sp³-hybridized carbons (Fsp3) is 0.824. The second-order valence-corrected chi connectivity index (χ2v) is 7.06. The Morgan fingerprint density at radius 1 is 1.20 bits per heavy atom. The summed E-state index contributed by atoms with van der Waals surface area (Å²) in [6.45, 7) is 10.9. The number of piperidine rings is 1. The molecule has 1 rings (SSSR count). The topological polar surface area (TPSA) is 88.2 Å². The molecule has 25 heavy (non-hydrogen) atoms. The van der Waals surface area contributed by atoms with Crippen molar-refractivity contribution in [2.24, 2.45) is 0 Å². The van der Waals surface area contributed by atoms with Gasteiger partial charge in [0.15, 0.2) is 0 Å². The van der Waals surface area contributed by atoms with E-state index in [1.807, 2.05) is 0 Å². The molecule has 0 aromatic carbocycles. The Balaban J connectivity index is 2.44. The Kier molecular flexibility index (Phi) is 7.99. The molecule has 1 saturated heterocycles. The maximum absolute atomic E-state index is 11.9. The Hall–Kier alpha value is -1.99. The molecule has 0 aliphatic carbocycles. The lowest BCUT2D eigenvalue weighted by Crippen LogP contribution is -2.50. The number of carbonyl (C=O) groups excluding carboxylic acids is 3. The average molecular weight is 357 g/mol. The number of nitrogens with one attached hydrogen (secondary N) is 1. The van der Waals surface area contributed by atoms with Crippen LogP contribution in [0.2, 0.25) is 0 Å². The first-order valence-electron chi connectivity index (χ1n) is 8.79. The van der Waals surface area contributed by atoms with Crippen molar-refractivity contribution in [2.45, 2.75) is 59.1 Å². The van der Waals surface area contributed by atoms with Gasteiger partial charge in [-0.2, -0.15) is 0 Å². The predicted octanol–water partition coefficient (Wildman–Crippen LogP) is 1.98. The Bertz CT molecular complexity index is 467. The first-order valence-corrected chi connectivity index (χ1v) is 8.79. The van der Waals surface area contributed by atoms with Gasteiger partial charge < -0.3 is 24.6 Å². The maximum atomic E-state index is 11.9. The number of amides is 3. The number of hydrogen-bond acceptors (Lipinski definition) is 5. The third kappa shape index (κ3) is 7.62. The van der Waals surface area contributed by atoms with E-state index in [0.717, 1.165) is 0 Å². The highest BCUT2D eigenvalue weighted by Crippen LogP contribution is 2.17. The van der Waals surface area contributed by atoms with Crippen molar-refractivity contribution in [1.29, 1.82) is 0 Å². The molecule has 0 saturated carbocycles. The summed E-state index contributed by atoms with van der Waals surface area (Å²) >= 11 is 0. The van der Waals surface area contributed by atoms with Crippen LogP contribution in [0.25, 0.3) is 0 Å². The molecule has 1 aliphatic heterocycles. The lowest BCUT2D eigenvalue weighted by molar-refractivity contribution is -0.132. The zero-order valence-electron chi connectivity index (χ0n) is 16.0. The number of alkyl carbamates (subject to hydrolysis) is 1. The van der Waals surface area contributed by atoms with Crippen LogP contribution >= 0.6 is 0 Å². The molecule has 8 heteroatoms. The molecule has 1 aliphatic rings. The Morgan fingerprint density at radius 3 is 2.28 bits per heavy atom. The van der Waals surface area contributed by atoms with Crippen LogP contribution < -0.4 is 5.32 Å². The Labute approximate surface area is 149 Å². The summed E-state index contributed by atoms with van der Waals surface area (Å²) in [7, 11) is 0. The van der Waals surface area contributed by atoms with E-state index in [1.165, 1.54) is 6.92 Å². The number of rotatable bonds is 5. The fourth-order valence-corrected chi connectivity index (χ4v) is 2.76. The molecule has 1 N–H and O–H groups in total. The van der Waals surface area contributed by atoms with Gasteiger partial charge in [-0.05, 0) is 40.5 Å². The van der Waals surface area contributed by atoms with Gasteiger partial charge in [-0.25, -0.2) is 9.59 Å². The van der Waals surface area contributed by atoms with E-state index in [1.54, 1.807) is 37.5 Å². The van der Waals surface area contributed by atoms with Crippen LogP contribution in [0.5, 0.6) is 0 Å². The summed E-state index contributed by atoms with van der Waals surface area (Å²) in [5.41, 5.74) is -0.551. The molecule has 0 bridgehead atoms. The molecule has 0 aromatic rings. The molecular weight excluding hydrogens is 326 g/mol. The summed E-state index contributed by atoms with van der Waals surface area (Å²) in [6.07, 6.45) is 0.602. The van der Waals surface area contributed by atoms with E-state index < -0.39 is 11.7 Å². The van der Waals surface area contributed by atoms with Crippen LogP contribution in [0.3, 0.4) is 0 Å². The summed E-state index contributed by atoms with van der Waals surface area (Å²) in [6, 6.07) is 0.0589. The number of likely N-dealkylation sites (tertiary alicyclic amines) is 1. The molecule has 144 valence electrons. The van der Waals surface area contributed by atoms with Crippen molar-refractivity contribution in [3.63, 3.8) is 0 Å². The first kappa shape index (κ1) is 21.1. The highest BCUT2D eigenvalue weighted by atomic mass is 16.6. The molecular formula is C17H31N3O5. The molecule has 0 aromatic heterocycles. The van der Waals surface area contributed by atoms with Crippen LogP contribution in [0.1, 0.15) is 47.5 Å². The van der Waals surface area contributed by atoms with Crippen molar-refractivity contribution in [1.82, 2.24) is 15.1 Å². The number of hydrogen-bond donors (Lipinski definition) is 1. The van der Waals surface area contributed by atoms with Crippen molar-refractivity contribution in [3.05, 3.63) is 0 Å². The largest absolute Gasteiger partial charge is 0.450 e. The minimum Gasteiger partial charge on any atom is -0.450 e. The molecule has 3 amide bonds. The van der Waals surface area contributed by atoms with Crippen molar-refractivity contribution >= 4 is 18.1 Å². The van der Waals surface area contributed by atoms with Gasteiger partial charge in [-0.3, -0.25) is 4.79 Å². The van der Waals surface area contributed by atoms with Crippen LogP contribution in [-0.4, -0.2) is 72.3 Å². The third-order valence-corrected chi connectivity index (χ3v) is 3.86. The lowest BCUT2D eigenvalue weighted by Gasteiger charge is -2.37. The highest BCUT2D eigenvalue weighted by Gasteiger charge is 2.28. The lowest BCUT2D eigenvalue weighted by atomic mass is 10.0. The fourth-order valence-electron chi connectivity index (χ4n) is 2.76. The quantitative estimate of drug-likeness (QED) is 0.813. The second kappa shape index (κ2) is 9.48. The van der Waals surface area contributed by atoms with Gasteiger partial charge in [0.2, 0.25) is 5.91 Å². The Morgan fingerprint density at radius 2 is 1.80 bits per heavy atom. The first-order chi connectivity index (χ1) is 11.6. The van der Waals surface area contributed by atoms with Gasteiger partial charge in [0.25, 0.3) is 0 Å². The second-order valence-electron chi connectivity index (χ2n) is 7.06. The predicted molar refractivity (Wildman–Crippen MR) is 93.2 cm³/mol. The number of ether oxygens (including phenoxy) is 2. The van der Waals surface area contributed by atoms with Crippen LogP contribution in [0, 0.1) is 0 Å². The van der Waals surface area contributed by atoms with Crippen molar-refractivity contribution < 1.29 is 23.9 Å². The van der Waals surface area contributed by atoms with E-state index >= 15 is 0 Å². The highest BCUT2D eigenvalue weighted by molar-refractivity contribution is 5.74. The van der Waals surface area contributed by atoms with Gasteiger partial charge in [0.05, 0.1) is 6.61 Å². The number of nitrogens with zero attached hydrogens (tertiary/aromatic N) is 2. The molecule has 1 heterocycles. The number of carbonyl (C=O) groups is 3. The van der Waals surface area contributed by atoms with Crippen molar-refractivity contribution in [3.8, 4) is 0 Å². The van der Waals surface area contributed by atoms with Crippen LogP contribution in [-0.2, 0) is 14.3 Å². The van der Waals surface area contributed by atoms with E-state index in [9.17, 15) is 14.4 Å². The van der Waals surface area contributed by atoms with Gasteiger partial charge >= 0.3 is 12.2 Å². The molecule has 0 atom stereocenters. The molecule has 0 radical (unpaired) electrons. The van der Waals surface area contributed by atoms with E-state index in [0.29, 0.717) is 45.6 Å². The zero-order valence-corrected chi connectivity index (χ0v) is 16.0. The maximum Gasteiger partial charge on any atom is 0.409 e. The summed E-state index contributed by atoms with van der Waals surface area (Å²) in [4.78, 5) is 38.8. The average Bonchev–Trinajstić information content (AvgIpc) is 2.50. The van der Waals surface area contributed by atoms with E-state index in [2.05, 4.69) is 5.32 Å². The van der Waals surface area contributed by atoms with E-state index in [-0.39, 0.29) is 18.0 Å². The van der Waals surface area contributed by atoms with Crippen molar-refractivity contribution in [2.75, 3.05) is 32.8 Å². The normalized spacial score (nSPS) is 15.5. The third-order valence-electron chi connectivity index (χ3n) is 3.86. The summed E-state index contributed by atoms with van der Waals surface area (Å²) < 4.78 is 10.2. The smallest absolute Gasteiger partial charge is 0.409 e. The van der Waals surface area contributed by atoms with Crippen LogP contribution in [0.4, 0.5) is 9.59 Å². The standard InChI is InChI=1S/C17H31N3O5/c1-6-24-16(23)19-10-7-14(8-11-19)20(13(2)21)12-9-18-15(22)25-17(3,4)5/h14H,6-12H2,1-5H3,(H,18,22). The SMILES string of the molecule is CCOC(=O)N1CCC(N(CCNC(=O)OC(C)(C)C)C(C)=O)CC1. The van der Waals surface area contributed by atoms with E-state index in [4.69, 9.17) is 9.47 Å². The van der Waals surface area contributed by atoms with Crippen LogP contribution in [0.15, 0.2) is 0 Å². The molecule has 8 nitrogen and oxygen atoms in total. The van der Waals surface area contributed by atoms with Gasteiger partial charge in [0.1, 0.15) is 5.60 Å². The molecule has 1 fully saturated rings. The zero-order chi connectivity index (χ0) is 19.0. The van der Waals surface area contributed by atoms with Gasteiger partial charge in [0, 0.05) is 39.1 Å². The monoisotopic (exact) mass is 357 g/mol. The summed E-state index contributed by atoms with van der Waals surface area (Å²) in [5, 5.41) is 2.67. The van der Waals surface area contributed by atoms with Gasteiger partial charge in [-0.15, -0.1) is 0 Å². The molecule has 0 unspecified atom stereocenters. The summed E-state index contributed by atoms with van der Waals surface area (Å²) in [5.74, 6) is -0.0411.